The monoisotopic (exact) mass is 210 g/mol. The van der Waals surface area contributed by atoms with E-state index in [-0.39, 0.29) is 6.61 Å². The van der Waals surface area contributed by atoms with Gasteiger partial charge in [0, 0.05) is 13.3 Å². The smallest absolute Gasteiger partial charge is 0.172 e. The van der Waals surface area contributed by atoms with E-state index in [0.717, 1.165) is 12.6 Å². The van der Waals surface area contributed by atoms with Crippen LogP contribution in [0.1, 0.15) is 13.3 Å². The Hall–Kier alpha value is 0.270. The van der Waals surface area contributed by atoms with Crippen LogP contribution in [0.5, 0.6) is 0 Å². The van der Waals surface area contributed by atoms with Gasteiger partial charge < -0.3 is 18.9 Å². The first-order valence-corrected chi connectivity index (χ1v) is 5.84. The minimum Gasteiger partial charge on any atom is -0.394 e. The summed E-state index contributed by atoms with van der Waals surface area (Å²) in [4.78, 5) is 0. The van der Waals surface area contributed by atoms with Gasteiger partial charge in [0.05, 0.1) is 26.4 Å². The van der Waals surface area contributed by atoms with Crippen molar-refractivity contribution in [3.8, 4) is 0 Å². The Labute approximate surface area is 81.1 Å². The van der Waals surface area contributed by atoms with Crippen molar-refractivity contribution in [2.24, 2.45) is 0 Å². The minimum absolute atomic E-state index is 0.0430. The maximum atomic E-state index is 8.56. The molecule has 5 heteroatoms. The van der Waals surface area contributed by atoms with Gasteiger partial charge in [-0.15, -0.1) is 0 Å². The third-order valence-electron chi connectivity index (χ3n) is 1.24. The molecule has 0 heterocycles. The van der Waals surface area contributed by atoms with Gasteiger partial charge >= 0.3 is 0 Å². The molecular formula is C8H19O4P. The van der Waals surface area contributed by atoms with Gasteiger partial charge in [-0.25, -0.2) is 0 Å². The summed E-state index contributed by atoms with van der Waals surface area (Å²) in [7, 11) is 0.789. The summed E-state index contributed by atoms with van der Waals surface area (Å²) in [6, 6.07) is 0. The van der Waals surface area contributed by atoms with E-state index in [0.29, 0.717) is 19.8 Å². The van der Waals surface area contributed by atoms with Crippen LogP contribution in [-0.4, -0.2) is 44.8 Å². The second-order valence-electron chi connectivity index (χ2n) is 2.44. The molecule has 0 aliphatic heterocycles. The van der Waals surface area contributed by atoms with E-state index in [1.165, 1.54) is 0 Å². The fourth-order valence-electron chi connectivity index (χ4n) is 0.668. The van der Waals surface area contributed by atoms with Crippen LogP contribution in [0.4, 0.5) is 0 Å². The number of rotatable bonds is 9. The van der Waals surface area contributed by atoms with Crippen molar-refractivity contribution in [3.63, 3.8) is 0 Å². The van der Waals surface area contributed by atoms with Gasteiger partial charge in [-0.2, -0.15) is 0 Å². The van der Waals surface area contributed by atoms with E-state index in [1.807, 2.05) is 0 Å². The van der Waals surface area contributed by atoms with Crippen LogP contribution in [-0.2, 0) is 13.8 Å². The molecule has 0 amide bonds. The molecule has 4 nitrogen and oxygen atoms in total. The van der Waals surface area contributed by atoms with E-state index >= 15 is 0 Å². The lowest BCUT2D eigenvalue weighted by Gasteiger charge is -2.15. The number of aliphatic hydroxyl groups is 1. The molecule has 0 aliphatic rings. The number of methoxy groups -OCH3 is 1. The first kappa shape index (κ1) is 13.3. The van der Waals surface area contributed by atoms with Gasteiger partial charge in [0.15, 0.2) is 8.38 Å². The number of hydrogen-bond acceptors (Lipinski definition) is 4. The molecule has 1 N–H and O–H groups in total. The van der Waals surface area contributed by atoms with Crippen LogP contribution in [0.3, 0.4) is 0 Å². The Morgan fingerprint density at radius 1 is 1.15 bits per heavy atom. The second-order valence-corrected chi connectivity index (χ2v) is 4.07. The minimum atomic E-state index is -0.863. The lowest BCUT2D eigenvalue weighted by atomic mass is 10.5. The molecule has 0 radical (unpaired) electrons. The molecule has 0 bridgehead atoms. The Kier molecular flexibility index (Phi) is 10.6. The normalized spacial score (nSPS) is 13.2. The highest BCUT2D eigenvalue weighted by Crippen LogP contribution is 2.37. The molecule has 1 atom stereocenters. The van der Waals surface area contributed by atoms with Crippen molar-refractivity contribution in [3.05, 3.63) is 0 Å². The quantitative estimate of drug-likeness (QED) is 0.584. The maximum absolute atomic E-state index is 8.56. The summed E-state index contributed by atoms with van der Waals surface area (Å²) in [6.45, 7) is 3.79. The number of ether oxygens (including phenoxy) is 1. The lowest BCUT2D eigenvalue weighted by molar-refractivity contribution is 0.175. The van der Waals surface area contributed by atoms with Gasteiger partial charge in [0.2, 0.25) is 0 Å². The van der Waals surface area contributed by atoms with Crippen LogP contribution in [0.2, 0.25) is 0 Å². The number of aliphatic hydroxyl groups excluding tert-OH is 1. The van der Waals surface area contributed by atoms with E-state index < -0.39 is 8.38 Å². The highest BCUT2D eigenvalue weighted by molar-refractivity contribution is 7.47. The Balaban J connectivity index is 3.47. The Bertz CT molecular complexity index is 83.1. The second kappa shape index (κ2) is 10.4. The van der Waals surface area contributed by atoms with E-state index in [2.05, 4.69) is 6.92 Å². The zero-order valence-corrected chi connectivity index (χ0v) is 9.26. The van der Waals surface area contributed by atoms with Crippen molar-refractivity contribution in [2.75, 3.05) is 39.7 Å². The standard InChI is InChI=1S/C8H19O4P/c1-3-5-11-13(8-7-10-2)12-6-4-9/h9H,3-8H2,1-2H3. The molecule has 0 saturated heterocycles. The zero-order chi connectivity index (χ0) is 9.94. The molecule has 0 aromatic rings. The molecule has 0 aromatic carbocycles. The van der Waals surface area contributed by atoms with Crippen molar-refractivity contribution in [1.29, 1.82) is 0 Å². The van der Waals surface area contributed by atoms with Gasteiger partial charge in [-0.3, -0.25) is 0 Å². The fourth-order valence-corrected chi connectivity index (χ4v) is 2.00. The topological polar surface area (TPSA) is 47.9 Å². The summed E-state index contributed by atoms with van der Waals surface area (Å²) in [5.74, 6) is 0. The zero-order valence-electron chi connectivity index (χ0n) is 8.36. The summed E-state index contributed by atoms with van der Waals surface area (Å²) >= 11 is 0. The van der Waals surface area contributed by atoms with Crippen LogP contribution >= 0.6 is 8.38 Å². The van der Waals surface area contributed by atoms with Crippen molar-refractivity contribution in [1.82, 2.24) is 0 Å². The van der Waals surface area contributed by atoms with Crippen LogP contribution in [0.25, 0.3) is 0 Å². The predicted molar refractivity (Wildman–Crippen MR) is 52.9 cm³/mol. The van der Waals surface area contributed by atoms with Crippen LogP contribution < -0.4 is 0 Å². The third-order valence-corrected chi connectivity index (χ3v) is 2.73. The third kappa shape index (κ3) is 8.60. The molecule has 0 saturated carbocycles. The number of hydrogen-bond donors (Lipinski definition) is 1. The molecular weight excluding hydrogens is 191 g/mol. The van der Waals surface area contributed by atoms with Crippen molar-refractivity contribution in [2.45, 2.75) is 13.3 Å². The largest absolute Gasteiger partial charge is 0.394 e. The molecule has 1 unspecified atom stereocenters. The maximum Gasteiger partial charge on any atom is 0.172 e. The Morgan fingerprint density at radius 2 is 1.85 bits per heavy atom. The van der Waals surface area contributed by atoms with Gasteiger partial charge in [-0.1, -0.05) is 6.92 Å². The molecule has 0 aromatic heterocycles. The summed E-state index contributed by atoms with van der Waals surface area (Å²) in [5, 5.41) is 8.56. The molecule has 80 valence electrons. The molecule has 0 spiro atoms. The fraction of sp³-hybridized carbons (Fsp3) is 1.00. The summed E-state index contributed by atoms with van der Waals surface area (Å²) in [5.41, 5.74) is 0. The molecule has 0 fully saturated rings. The predicted octanol–water partition coefficient (Wildman–Crippen LogP) is 1.38. The highest BCUT2D eigenvalue weighted by atomic mass is 31.2. The van der Waals surface area contributed by atoms with Crippen molar-refractivity contribution >= 4 is 8.38 Å². The van der Waals surface area contributed by atoms with E-state index in [1.54, 1.807) is 7.11 Å². The SMILES string of the molecule is CCCOP(CCOC)OCCO. The van der Waals surface area contributed by atoms with Crippen LogP contribution in [0.15, 0.2) is 0 Å². The van der Waals surface area contributed by atoms with Gasteiger partial charge in [-0.05, 0) is 6.42 Å². The van der Waals surface area contributed by atoms with E-state index in [9.17, 15) is 0 Å². The Morgan fingerprint density at radius 3 is 2.38 bits per heavy atom. The van der Waals surface area contributed by atoms with Crippen molar-refractivity contribution < 1.29 is 18.9 Å². The lowest BCUT2D eigenvalue weighted by Crippen LogP contribution is -2.04. The first-order valence-electron chi connectivity index (χ1n) is 4.48. The summed E-state index contributed by atoms with van der Waals surface area (Å²) < 4.78 is 15.7. The van der Waals surface area contributed by atoms with E-state index in [4.69, 9.17) is 18.9 Å². The highest BCUT2D eigenvalue weighted by Gasteiger charge is 2.08. The first-order chi connectivity index (χ1) is 6.35. The van der Waals surface area contributed by atoms with Gasteiger partial charge in [0.1, 0.15) is 0 Å². The average molecular weight is 210 g/mol. The average Bonchev–Trinajstić information content (AvgIpc) is 2.17. The molecule has 13 heavy (non-hydrogen) atoms. The summed E-state index contributed by atoms with van der Waals surface area (Å²) in [6.07, 6.45) is 1.75. The molecule has 0 aliphatic carbocycles. The molecule has 0 rings (SSSR count). The van der Waals surface area contributed by atoms with Crippen LogP contribution in [0, 0.1) is 0 Å². The van der Waals surface area contributed by atoms with Gasteiger partial charge in [0.25, 0.3) is 0 Å².